The third-order valence-electron chi connectivity index (χ3n) is 4.12. The van der Waals surface area contributed by atoms with Crippen LogP contribution in [0.3, 0.4) is 0 Å². The Kier molecular flexibility index (Phi) is 3.90. The summed E-state index contributed by atoms with van der Waals surface area (Å²) in [5.41, 5.74) is 4.13. The van der Waals surface area contributed by atoms with Crippen LogP contribution in [0.25, 0.3) is 22.3 Å². The molecule has 4 rings (SSSR count). The largest absolute Gasteiger partial charge is 0.365 e. The number of benzene rings is 2. The zero-order valence-corrected chi connectivity index (χ0v) is 14.2. The molecule has 0 fully saturated rings. The van der Waals surface area contributed by atoms with Crippen molar-refractivity contribution in [3.63, 3.8) is 0 Å². The number of fused-ring (bicyclic) bond motifs is 1. The fraction of sp³-hybridized carbons (Fsp3) is 0.150. The maximum Gasteiger partial charge on any atom is 0.223 e. The number of aromatic nitrogens is 3. The highest BCUT2D eigenvalue weighted by atomic mass is 16.5. The Morgan fingerprint density at radius 2 is 1.80 bits per heavy atom. The summed E-state index contributed by atoms with van der Waals surface area (Å²) in [5.74, 6) is 1.84. The summed E-state index contributed by atoms with van der Waals surface area (Å²) in [6.45, 7) is 4.52. The summed E-state index contributed by atoms with van der Waals surface area (Å²) < 4.78 is 5.16. The fourth-order valence-corrected chi connectivity index (χ4v) is 2.84. The van der Waals surface area contributed by atoms with Gasteiger partial charge in [0.2, 0.25) is 11.7 Å². The van der Waals surface area contributed by atoms with Gasteiger partial charge in [-0.05, 0) is 24.1 Å². The van der Waals surface area contributed by atoms with Crippen LogP contribution in [-0.2, 0) is 6.54 Å². The van der Waals surface area contributed by atoms with E-state index < -0.39 is 0 Å². The smallest absolute Gasteiger partial charge is 0.223 e. The first-order chi connectivity index (χ1) is 12.2. The molecule has 0 aliphatic rings. The lowest BCUT2D eigenvalue weighted by Gasteiger charge is -2.12. The molecule has 0 unspecified atom stereocenters. The maximum absolute atomic E-state index is 5.16. The highest BCUT2D eigenvalue weighted by Gasteiger charge is 2.15. The molecule has 0 spiro atoms. The highest BCUT2D eigenvalue weighted by molar-refractivity contribution is 5.89. The first kappa shape index (κ1) is 15.3. The number of rotatable bonds is 4. The van der Waals surface area contributed by atoms with E-state index in [0.29, 0.717) is 18.3 Å². The molecule has 2 aromatic heterocycles. The SMILES string of the molecule is Cc1nc(-c2cc3cccc(C)c3nc2NCc2ccccc2)no1. The lowest BCUT2D eigenvalue weighted by atomic mass is 10.1. The number of aryl methyl sites for hydroxylation is 2. The molecule has 0 saturated heterocycles. The van der Waals surface area contributed by atoms with Crippen molar-refractivity contribution >= 4 is 16.7 Å². The highest BCUT2D eigenvalue weighted by Crippen LogP contribution is 2.29. The summed E-state index contributed by atoms with van der Waals surface area (Å²) in [5, 5.41) is 8.55. The second-order valence-electron chi connectivity index (χ2n) is 6.01. The van der Waals surface area contributed by atoms with Gasteiger partial charge in [-0.1, -0.05) is 53.7 Å². The molecule has 4 aromatic rings. The summed E-state index contributed by atoms with van der Waals surface area (Å²) in [7, 11) is 0. The van der Waals surface area contributed by atoms with Crippen LogP contribution in [0.4, 0.5) is 5.82 Å². The molecular formula is C20H18N4O. The number of hydrogen-bond acceptors (Lipinski definition) is 5. The number of hydrogen-bond donors (Lipinski definition) is 1. The molecule has 124 valence electrons. The van der Waals surface area contributed by atoms with Gasteiger partial charge < -0.3 is 9.84 Å². The Bertz CT molecular complexity index is 1020. The van der Waals surface area contributed by atoms with Gasteiger partial charge in [-0.2, -0.15) is 4.98 Å². The van der Waals surface area contributed by atoms with Crippen LogP contribution in [0, 0.1) is 13.8 Å². The van der Waals surface area contributed by atoms with E-state index in [1.54, 1.807) is 6.92 Å². The maximum atomic E-state index is 5.16. The van der Waals surface area contributed by atoms with Crippen molar-refractivity contribution in [3.05, 3.63) is 71.6 Å². The minimum Gasteiger partial charge on any atom is -0.365 e. The number of anilines is 1. The first-order valence-electron chi connectivity index (χ1n) is 8.19. The lowest BCUT2D eigenvalue weighted by molar-refractivity contribution is 0.394. The molecular weight excluding hydrogens is 312 g/mol. The average Bonchev–Trinajstić information content (AvgIpc) is 3.07. The van der Waals surface area contributed by atoms with Crippen molar-refractivity contribution in [1.29, 1.82) is 0 Å². The Hall–Kier alpha value is -3.21. The van der Waals surface area contributed by atoms with E-state index in [1.165, 1.54) is 5.56 Å². The minimum absolute atomic E-state index is 0.536. The van der Waals surface area contributed by atoms with Gasteiger partial charge in [-0.25, -0.2) is 4.98 Å². The first-order valence-corrected chi connectivity index (χ1v) is 8.19. The summed E-state index contributed by atoms with van der Waals surface area (Å²) in [4.78, 5) is 9.21. The van der Waals surface area contributed by atoms with E-state index in [0.717, 1.165) is 27.8 Å². The van der Waals surface area contributed by atoms with E-state index in [2.05, 4.69) is 46.6 Å². The quantitative estimate of drug-likeness (QED) is 0.596. The van der Waals surface area contributed by atoms with E-state index in [1.807, 2.05) is 30.3 Å². The van der Waals surface area contributed by atoms with Crippen molar-refractivity contribution in [2.45, 2.75) is 20.4 Å². The van der Waals surface area contributed by atoms with Crippen molar-refractivity contribution < 1.29 is 4.52 Å². The molecule has 2 heterocycles. The van der Waals surface area contributed by atoms with Gasteiger partial charge in [0, 0.05) is 18.9 Å². The number of nitrogens with one attached hydrogen (secondary N) is 1. The third kappa shape index (κ3) is 3.08. The normalized spacial score (nSPS) is 11.0. The summed E-state index contributed by atoms with van der Waals surface area (Å²) in [6, 6.07) is 18.4. The van der Waals surface area contributed by atoms with Gasteiger partial charge >= 0.3 is 0 Å². The molecule has 2 aromatic carbocycles. The zero-order valence-electron chi connectivity index (χ0n) is 14.2. The number of nitrogens with zero attached hydrogens (tertiary/aromatic N) is 3. The van der Waals surface area contributed by atoms with Crippen LogP contribution in [-0.4, -0.2) is 15.1 Å². The lowest BCUT2D eigenvalue weighted by Crippen LogP contribution is -2.04. The van der Waals surface area contributed by atoms with E-state index in [9.17, 15) is 0 Å². The molecule has 0 aliphatic heterocycles. The zero-order chi connectivity index (χ0) is 17.2. The van der Waals surface area contributed by atoms with Crippen LogP contribution in [0.2, 0.25) is 0 Å². The van der Waals surface area contributed by atoms with Crippen molar-refractivity contribution in [3.8, 4) is 11.4 Å². The van der Waals surface area contributed by atoms with E-state index in [4.69, 9.17) is 9.51 Å². The van der Waals surface area contributed by atoms with Crippen molar-refractivity contribution in [2.24, 2.45) is 0 Å². The van der Waals surface area contributed by atoms with Crippen molar-refractivity contribution in [2.75, 3.05) is 5.32 Å². The van der Waals surface area contributed by atoms with Gasteiger partial charge in [0.1, 0.15) is 5.82 Å². The van der Waals surface area contributed by atoms with E-state index in [-0.39, 0.29) is 0 Å². The Morgan fingerprint density at radius 3 is 2.56 bits per heavy atom. The topological polar surface area (TPSA) is 63.8 Å². The fourth-order valence-electron chi connectivity index (χ4n) is 2.84. The number of para-hydroxylation sites is 1. The predicted octanol–water partition coefficient (Wildman–Crippen LogP) is 4.51. The second kappa shape index (κ2) is 6.36. The molecule has 0 atom stereocenters. The molecule has 1 N–H and O–H groups in total. The third-order valence-corrected chi connectivity index (χ3v) is 4.12. The predicted molar refractivity (Wildman–Crippen MR) is 98.3 cm³/mol. The standard InChI is InChI=1S/C20H18N4O/c1-13-7-6-10-16-11-17(20-22-14(2)25-24-20)19(23-18(13)16)21-12-15-8-4-3-5-9-15/h3-11H,12H2,1-2H3,(H,21,23). The molecule has 0 saturated carbocycles. The molecule has 0 bridgehead atoms. The molecule has 0 radical (unpaired) electrons. The summed E-state index contributed by atoms with van der Waals surface area (Å²) >= 11 is 0. The molecule has 5 heteroatoms. The van der Waals surface area contributed by atoms with Gasteiger partial charge in [0.05, 0.1) is 11.1 Å². The molecule has 0 amide bonds. The molecule has 5 nitrogen and oxygen atoms in total. The van der Waals surface area contributed by atoms with Crippen molar-refractivity contribution in [1.82, 2.24) is 15.1 Å². The Labute approximate surface area is 145 Å². The van der Waals surface area contributed by atoms with Gasteiger partial charge in [-0.15, -0.1) is 0 Å². The van der Waals surface area contributed by atoms with Gasteiger partial charge in [0.15, 0.2) is 0 Å². The number of pyridine rings is 1. The summed E-state index contributed by atoms with van der Waals surface area (Å²) in [6.07, 6.45) is 0. The Balaban J connectivity index is 1.80. The van der Waals surface area contributed by atoms with Crippen LogP contribution >= 0.6 is 0 Å². The van der Waals surface area contributed by atoms with Gasteiger partial charge in [0.25, 0.3) is 0 Å². The molecule has 25 heavy (non-hydrogen) atoms. The monoisotopic (exact) mass is 330 g/mol. The van der Waals surface area contributed by atoms with Crippen LogP contribution < -0.4 is 5.32 Å². The minimum atomic E-state index is 0.536. The second-order valence-corrected chi connectivity index (χ2v) is 6.01. The Morgan fingerprint density at radius 1 is 0.960 bits per heavy atom. The van der Waals surface area contributed by atoms with Crippen LogP contribution in [0.1, 0.15) is 17.0 Å². The molecule has 0 aliphatic carbocycles. The van der Waals surface area contributed by atoms with Crippen LogP contribution in [0.5, 0.6) is 0 Å². The van der Waals surface area contributed by atoms with E-state index >= 15 is 0 Å². The van der Waals surface area contributed by atoms with Crippen LogP contribution in [0.15, 0.2) is 59.1 Å². The van der Waals surface area contributed by atoms with Gasteiger partial charge in [-0.3, -0.25) is 0 Å². The average molecular weight is 330 g/mol.